The van der Waals surface area contributed by atoms with Crippen molar-refractivity contribution in [3.63, 3.8) is 0 Å². The summed E-state index contributed by atoms with van der Waals surface area (Å²) in [6.45, 7) is 16.4. The first-order chi connectivity index (χ1) is 15.4. The molecule has 0 aromatic heterocycles. The zero-order chi connectivity index (χ0) is 23.5. The van der Waals surface area contributed by atoms with Crippen molar-refractivity contribution >= 4 is 18.6 Å². The summed E-state index contributed by atoms with van der Waals surface area (Å²) in [7, 11) is 1.76. The Bertz CT molecular complexity index is 714. The molecule has 1 atom stereocenters. The molecule has 0 aromatic rings. The average Bonchev–Trinajstić information content (AvgIpc) is 2.80. The van der Waals surface area contributed by atoms with E-state index in [4.69, 9.17) is 9.73 Å². The van der Waals surface area contributed by atoms with Crippen molar-refractivity contribution in [3.8, 4) is 0 Å². The van der Waals surface area contributed by atoms with Crippen LogP contribution in [-0.4, -0.2) is 62.1 Å². The second-order valence-electron chi connectivity index (χ2n) is 9.03. The average molecular weight is 446 g/mol. The molecule has 1 saturated carbocycles. The zero-order valence-corrected chi connectivity index (χ0v) is 20.5. The van der Waals surface area contributed by atoms with Crippen molar-refractivity contribution in [2.75, 3.05) is 20.1 Å². The summed E-state index contributed by atoms with van der Waals surface area (Å²) in [5.41, 5.74) is 2.59. The molecule has 7 nitrogen and oxygen atoms in total. The normalized spacial score (nSPS) is 25.0. The number of nitrogens with zero attached hydrogens (tertiary/aromatic N) is 3. The number of rotatable bonds is 8. The summed E-state index contributed by atoms with van der Waals surface area (Å²) in [5.74, 6) is 1.37. The van der Waals surface area contributed by atoms with Crippen LogP contribution >= 0.6 is 0 Å². The van der Waals surface area contributed by atoms with Crippen LogP contribution in [0.15, 0.2) is 38.4 Å². The number of nitrogens with one attached hydrogen (secondary N) is 2. The van der Waals surface area contributed by atoms with Crippen molar-refractivity contribution in [2.45, 2.75) is 90.4 Å². The summed E-state index contributed by atoms with van der Waals surface area (Å²) in [5, 5.41) is 16.7. The topological polar surface area (TPSA) is 90.6 Å². The Morgan fingerprint density at radius 2 is 1.84 bits per heavy atom. The van der Waals surface area contributed by atoms with Gasteiger partial charge in [0.2, 0.25) is 11.9 Å². The van der Waals surface area contributed by atoms with Crippen LogP contribution in [0.25, 0.3) is 0 Å². The quantitative estimate of drug-likeness (QED) is 0.299. The Balaban J connectivity index is 2.36. The van der Waals surface area contributed by atoms with Gasteiger partial charge in [0.1, 0.15) is 6.10 Å². The predicted octanol–water partition coefficient (Wildman–Crippen LogP) is 4.00. The van der Waals surface area contributed by atoms with Gasteiger partial charge in [-0.3, -0.25) is 4.99 Å². The highest BCUT2D eigenvalue weighted by atomic mass is 16.5. The number of hydrogen-bond acceptors (Lipinski definition) is 5. The molecule has 2 aliphatic rings. The van der Waals surface area contributed by atoms with Crippen LogP contribution in [0.1, 0.15) is 72.1 Å². The van der Waals surface area contributed by atoms with E-state index >= 15 is 0 Å². The molecule has 2 fully saturated rings. The van der Waals surface area contributed by atoms with Gasteiger partial charge >= 0.3 is 0 Å². The number of hydrogen-bond donors (Lipinski definition) is 3. The van der Waals surface area contributed by atoms with Gasteiger partial charge in [-0.25, -0.2) is 9.98 Å². The summed E-state index contributed by atoms with van der Waals surface area (Å²) < 4.78 is 6.31. The SMILES string of the molecule is C=N\C(=N/C(=C(C)/C(=N\C)OC1CCNCC1)C(=C)[C@H]1CC[C@H](O)CC1)N[C@@H](C)CCC. The molecule has 1 saturated heterocycles. The van der Waals surface area contributed by atoms with E-state index in [-0.39, 0.29) is 24.2 Å². The van der Waals surface area contributed by atoms with Crippen LogP contribution in [-0.2, 0) is 4.74 Å². The first kappa shape index (κ1) is 26.3. The van der Waals surface area contributed by atoms with Gasteiger partial charge in [-0.2, -0.15) is 0 Å². The molecule has 0 unspecified atom stereocenters. The molecule has 1 aliphatic heterocycles. The Kier molecular flexibility index (Phi) is 11.1. The van der Waals surface area contributed by atoms with E-state index in [1.54, 1.807) is 7.05 Å². The highest BCUT2D eigenvalue weighted by Crippen LogP contribution is 2.34. The van der Waals surface area contributed by atoms with Gasteiger partial charge in [0.05, 0.1) is 11.8 Å². The fraction of sp³-hybridized carbons (Fsp3) is 0.720. The summed E-state index contributed by atoms with van der Waals surface area (Å²) in [6.07, 6.45) is 7.33. The molecule has 0 amide bonds. The van der Waals surface area contributed by atoms with Crippen molar-refractivity contribution in [3.05, 3.63) is 23.4 Å². The minimum Gasteiger partial charge on any atom is -0.474 e. The Morgan fingerprint density at radius 3 is 2.41 bits per heavy atom. The molecule has 180 valence electrons. The first-order valence-electron chi connectivity index (χ1n) is 12.1. The van der Waals surface area contributed by atoms with Crippen LogP contribution in [0.4, 0.5) is 0 Å². The third-order valence-electron chi connectivity index (χ3n) is 6.40. The minimum absolute atomic E-state index is 0.146. The Labute approximate surface area is 194 Å². The summed E-state index contributed by atoms with van der Waals surface area (Å²) in [6, 6.07) is 0.245. The maximum Gasteiger partial charge on any atom is 0.222 e. The van der Waals surface area contributed by atoms with Gasteiger partial charge in [-0.1, -0.05) is 19.9 Å². The highest BCUT2D eigenvalue weighted by molar-refractivity contribution is 5.95. The number of ether oxygens (including phenoxy) is 1. The molecule has 1 heterocycles. The molecule has 2 rings (SSSR count). The van der Waals surface area contributed by atoms with Crippen molar-refractivity contribution in [2.24, 2.45) is 20.9 Å². The molecule has 0 aromatic carbocycles. The molecule has 3 N–H and O–H groups in total. The van der Waals surface area contributed by atoms with Gasteiger partial charge in [0.15, 0.2) is 0 Å². The number of guanidine groups is 1. The maximum atomic E-state index is 9.95. The monoisotopic (exact) mass is 445 g/mol. The highest BCUT2D eigenvalue weighted by Gasteiger charge is 2.26. The van der Waals surface area contributed by atoms with E-state index in [9.17, 15) is 5.11 Å². The lowest BCUT2D eigenvalue weighted by molar-refractivity contribution is 0.116. The summed E-state index contributed by atoms with van der Waals surface area (Å²) in [4.78, 5) is 13.5. The molecule has 7 heteroatoms. The second kappa shape index (κ2) is 13.5. The molecule has 0 bridgehead atoms. The minimum atomic E-state index is -0.214. The first-order valence-corrected chi connectivity index (χ1v) is 12.1. The van der Waals surface area contributed by atoms with E-state index < -0.39 is 0 Å². The van der Waals surface area contributed by atoms with Crippen molar-refractivity contribution in [1.29, 1.82) is 0 Å². The van der Waals surface area contributed by atoms with Gasteiger partial charge in [0.25, 0.3) is 0 Å². The van der Waals surface area contributed by atoms with Crippen LogP contribution in [0, 0.1) is 5.92 Å². The third kappa shape index (κ3) is 7.85. The summed E-state index contributed by atoms with van der Waals surface area (Å²) >= 11 is 0. The number of aliphatic hydroxyl groups excluding tert-OH is 1. The smallest absolute Gasteiger partial charge is 0.222 e. The van der Waals surface area contributed by atoms with Gasteiger partial charge in [-0.15, -0.1) is 0 Å². The lowest BCUT2D eigenvalue weighted by Gasteiger charge is -2.29. The fourth-order valence-corrected chi connectivity index (χ4v) is 4.44. The number of allylic oxidation sites excluding steroid dienone is 1. The lowest BCUT2D eigenvalue weighted by atomic mass is 9.81. The van der Waals surface area contributed by atoms with Gasteiger partial charge < -0.3 is 20.5 Å². The molecule has 1 aliphatic carbocycles. The predicted molar refractivity (Wildman–Crippen MR) is 135 cm³/mol. The molecular weight excluding hydrogens is 402 g/mol. The van der Waals surface area contributed by atoms with Crippen molar-refractivity contribution < 1.29 is 9.84 Å². The van der Waals surface area contributed by atoms with Crippen LogP contribution in [0.5, 0.6) is 0 Å². The van der Waals surface area contributed by atoms with E-state index in [1.165, 1.54) is 0 Å². The molecule has 0 radical (unpaired) electrons. The van der Waals surface area contributed by atoms with Crippen molar-refractivity contribution in [1.82, 2.24) is 10.6 Å². The van der Waals surface area contributed by atoms with E-state index in [2.05, 4.69) is 47.8 Å². The largest absolute Gasteiger partial charge is 0.474 e. The van der Waals surface area contributed by atoms with E-state index in [1.807, 2.05) is 6.92 Å². The number of piperidine rings is 1. The van der Waals surface area contributed by atoms with Gasteiger partial charge in [0, 0.05) is 18.7 Å². The van der Waals surface area contributed by atoms with Crippen LogP contribution in [0.3, 0.4) is 0 Å². The molecular formula is C25H43N5O2. The van der Waals surface area contributed by atoms with Gasteiger partial charge in [-0.05, 0) is 90.1 Å². The Hall–Kier alpha value is -1.99. The Morgan fingerprint density at radius 1 is 1.19 bits per heavy atom. The van der Waals surface area contributed by atoms with Crippen LogP contribution < -0.4 is 10.6 Å². The molecule has 32 heavy (non-hydrogen) atoms. The third-order valence-corrected chi connectivity index (χ3v) is 6.40. The van der Waals surface area contributed by atoms with E-state index in [0.29, 0.717) is 11.9 Å². The maximum absolute atomic E-state index is 9.95. The molecule has 0 spiro atoms. The second-order valence-corrected chi connectivity index (χ2v) is 9.03. The standard InChI is InChI=1S/C25H43N5O2/c1-7-8-17(2)29-25(27-6)30-23(18(3)20-9-11-21(31)12-10-20)19(4)24(26-5)32-22-13-15-28-16-14-22/h17,20-22,28,31H,3,6-16H2,1-2,4-5H3,(H,29,30)/b23-19+,26-24+/t17-,20-,21-/m0/s1. The fourth-order valence-electron chi connectivity index (χ4n) is 4.44. The van der Waals surface area contributed by atoms with Crippen LogP contribution in [0.2, 0.25) is 0 Å². The number of aliphatic hydroxyl groups is 1. The zero-order valence-electron chi connectivity index (χ0n) is 20.5. The lowest BCUT2D eigenvalue weighted by Crippen LogP contribution is -2.34. The number of aliphatic imine (C=N–C) groups is 3. The van der Waals surface area contributed by atoms with E-state index in [0.717, 1.165) is 81.3 Å².